The van der Waals surface area contributed by atoms with Gasteiger partial charge in [-0.1, -0.05) is 71.9 Å². The van der Waals surface area contributed by atoms with E-state index in [1.165, 1.54) is 0 Å². The van der Waals surface area contributed by atoms with Crippen LogP contribution in [-0.4, -0.2) is 61.8 Å². The van der Waals surface area contributed by atoms with Crippen molar-refractivity contribution in [3.05, 3.63) is 58.7 Å². The third kappa shape index (κ3) is 3.85. The lowest BCUT2D eigenvalue weighted by molar-refractivity contribution is -0.265. The molecule has 0 aromatic heterocycles. The van der Waals surface area contributed by atoms with Crippen LogP contribution in [0.25, 0.3) is 5.70 Å². The standard InChI is InChI=1S/C35H44N2O7/c1-15(2)18-12-19(22-11-17-9-7-8-10-21(17)37-22)27(38)23-20(18)13-33(5)14-34(6)25(16(3)4)29(40)24(32(36)43)30(41)35(34,44)31(42)26(33)28(23)39/h7-12,15-17,21,24-26,29,31,37-38,40,42,44H,13-14H2,1-6H3,(H2,36,43)/t17?,21?,24-,25+,26-,29?,31?,33-,34-,35+/m1/s1. The smallest absolute Gasteiger partial charge is 0.230 e. The Labute approximate surface area is 257 Å². The Hall–Kier alpha value is -3.27. The summed E-state index contributed by atoms with van der Waals surface area (Å²) in [5.74, 6) is -6.87. The zero-order valence-corrected chi connectivity index (χ0v) is 26.2. The van der Waals surface area contributed by atoms with Gasteiger partial charge in [-0.05, 0) is 53.2 Å². The molecule has 2 saturated carbocycles. The predicted octanol–water partition coefficient (Wildman–Crippen LogP) is 2.75. The van der Waals surface area contributed by atoms with Crippen molar-refractivity contribution in [2.24, 2.45) is 46.2 Å². The largest absolute Gasteiger partial charge is 0.506 e. The van der Waals surface area contributed by atoms with Gasteiger partial charge >= 0.3 is 0 Å². The molecule has 5 aliphatic rings. The van der Waals surface area contributed by atoms with Crippen molar-refractivity contribution in [1.82, 2.24) is 5.32 Å². The number of nitrogens with two attached hydrogens (primary N) is 1. The van der Waals surface area contributed by atoms with E-state index in [0.717, 1.165) is 5.56 Å². The second kappa shape index (κ2) is 9.86. The van der Waals surface area contributed by atoms with Gasteiger partial charge in [0.25, 0.3) is 0 Å². The second-order valence-corrected chi connectivity index (χ2v) is 15.0. The van der Waals surface area contributed by atoms with Gasteiger partial charge in [0.1, 0.15) is 17.8 Å². The average molecular weight is 605 g/mol. The van der Waals surface area contributed by atoms with Gasteiger partial charge in [0.05, 0.1) is 23.6 Å². The van der Waals surface area contributed by atoms with Crippen LogP contribution >= 0.6 is 0 Å². The molecule has 0 bridgehead atoms. The number of ketones is 2. The van der Waals surface area contributed by atoms with E-state index in [1.807, 2.05) is 65.0 Å². The molecule has 9 nitrogen and oxygen atoms in total. The van der Waals surface area contributed by atoms with Gasteiger partial charge in [-0.3, -0.25) is 14.4 Å². The summed E-state index contributed by atoms with van der Waals surface area (Å²) in [5.41, 5.74) is 3.61. The molecule has 9 heteroatoms. The normalized spacial score (nSPS) is 40.7. The highest BCUT2D eigenvalue weighted by atomic mass is 16.4. The summed E-state index contributed by atoms with van der Waals surface area (Å²) in [6, 6.07) is 1.97. The van der Waals surface area contributed by atoms with Crippen LogP contribution < -0.4 is 11.1 Å². The topological polar surface area (TPSA) is 170 Å². The zero-order valence-electron chi connectivity index (χ0n) is 26.2. The monoisotopic (exact) mass is 604 g/mol. The number of benzene rings is 1. The first kappa shape index (κ1) is 30.7. The Kier molecular flexibility index (Phi) is 6.89. The summed E-state index contributed by atoms with van der Waals surface area (Å²) in [6.07, 6.45) is 7.14. The van der Waals surface area contributed by atoms with Crippen molar-refractivity contribution >= 4 is 23.2 Å². The maximum absolute atomic E-state index is 14.7. The minimum absolute atomic E-state index is 0.000951. The maximum atomic E-state index is 14.7. The number of hydrogen-bond donors (Lipinski definition) is 6. The molecule has 10 atom stereocenters. The summed E-state index contributed by atoms with van der Waals surface area (Å²) in [5, 5.41) is 51.0. The molecule has 1 aromatic carbocycles. The summed E-state index contributed by atoms with van der Waals surface area (Å²) >= 11 is 0. The fourth-order valence-electron chi connectivity index (χ4n) is 9.86. The van der Waals surface area contributed by atoms with Crippen LogP contribution in [-0.2, 0) is 16.0 Å². The SMILES string of the molecule is CC(C)c1cc(C2=CC3C=CC=CC3N2)c(O)c2c1C[C@]1(C)C[C@]3(C)[C@@H](C(C)C)C(O)[C@@H](C(N)=O)C(=O)[C@]3(O)C(O)[C@H]1C2=O. The number of primary amides is 1. The van der Waals surface area contributed by atoms with Gasteiger partial charge in [-0.2, -0.15) is 0 Å². The molecule has 1 amide bonds. The third-order valence-electron chi connectivity index (χ3n) is 11.6. The van der Waals surface area contributed by atoms with Gasteiger partial charge < -0.3 is 31.5 Å². The Morgan fingerprint density at radius 2 is 1.75 bits per heavy atom. The highest BCUT2D eigenvalue weighted by Crippen LogP contribution is 2.66. The number of hydrogen-bond acceptors (Lipinski definition) is 8. The van der Waals surface area contributed by atoms with Crippen molar-refractivity contribution in [1.29, 1.82) is 0 Å². The number of carbonyl (C=O) groups is 3. The molecule has 0 radical (unpaired) electrons. The fourth-order valence-corrected chi connectivity index (χ4v) is 9.86. The molecular weight excluding hydrogens is 560 g/mol. The maximum Gasteiger partial charge on any atom is 0.230 e. The second-order valence-electron chi connectivity index (χ2n) is 15.0. The molecule has 44 heavy (non-hydrogen) atoms. The van der Waals surface area contributed by atoms with Gasteiger partial charge in [-0.15, -0.1) is 0 Å². The van der Waals surface area contributed by atoms with E-state index in [-0.39, 0.29) is 41.5 Å². The minimum atomic E-state index is -2.53. The van der Waals surface area contributed by atoms with E-state index in [9.17, 15) is 34.8 Å². The van der Waals surface area contributed by atoms with E-state index in [2.05, 4.69) is 11.4 Å². The van der Waals surface area contributed by atoms with Crippen LogP contribution in [0.3, 0.4) is 0 Å². The lowest BCUT2D eigenvalue weighted by Gasteiger charge is -2.66. The molecule has 6 rings (SSSR count). The highest BCUT2D eigenvalue weighted by molar-refractivity contribution is 6.09. The number of nitrogens with one attached hydrogen (secondary N) is 1. The highest BCUT2D eigenvalue weighted by Gasteiger charge is 2.76. The molecule has 236 valence electrons. The lowest BCUT2D eigenvalue weighted by Crippen LogP contribution is -2.79. The summed E-state index contributed by atoms with van der Waals surface area (Å²) < 4.78 is 0. The molecule has 1 aliphatic heterocycles. The van der Waals surface area contributed by atoms with Crippen molar-refractivity contribution < 1.29 is 34.8 Å². The quantitative estimate of drug-likeness (QED) is 0.285. The molecule has 0 saturated heterocycles. The predicted molar refractivity (Wildman–Crippen MR) is 164 cm³/mol. The number of amides is 1. The van der Waals surface area contributed by atoms with Crippen LogP contribution in [0.15, 0.2) is 36.4 Å². The number of aliphatic hydroxyl groups is 3. The Bertz CT molecular complexity index is 1560. The van der Waals surface area contributed by atoms with Gasteiger partial charge in [0.2, 0.25) is 5.91 Å². The molecule has 0 spiro atoms. The zero-order chi connectivity index (χ0) is 32.3. The van der Waals surface area contributed by atoms with E-state index < -0.39 is 63.9 Å². The molecule has 7 N–H and O–H groups in total. The van der Waals surface area contributed by atoms with Crippen molar-refractivity contribution in [2.45, 2.75) is 84.2 Å². The molecular formula is C35H44N2O7. The van der Waals surface area contributed by atoms with E-state index >= 15 is 0 Å². The minimum Gasteiger partial charge on any atom is -0.506 e. The molecule has 4 aliphatic carbocycles. The Morgan fingerprint density at radius 1 is 1.09 bits per heavy atom. The first-order valence-corrected chi connectivity index (χ1v) is 15.7. The van der Waals surface area contributed by atoms with E-state index in [1.54, 1.807) is 6.92 Å². The number of phenolic OH excluding ortho intramolecular Hbond substituents is 1. The van der Waals surface area contributed by atoms with Crippen molar-refractivity contribution in [3.8, 4) is 5.75 Å². The number of allylic oxidation sites excluding steroid dienone is 2. The van der Waals surface area contributed by atoms with Crippen molar-refractivity contribution in [3.63, 3.8) is 0 Å². The van der Waals surface area contributed by atoms with Crippen molar-refractivity contribution in [2.75, 3.05) is 0 Å². The number of aromatic hydroxyl groups is 1. The fraction of sp³-hybridized carbons (Fsp3) is 0.571. The van der Waals surface area contributed by atoms with Gasteiger partial charge in [-0.25, -0.2) is 0 Å². The van der Waals surface area contributed by atoms with Crippen LogP contribution in [0.2, 0.25) is 0 Å². The Balaban J connectivity index is 1.53. The Morgan fingerprint density at radius 3 is 2.34 bits per heavy atom. The number of aliphatic hydroxyl groups excluding tert-OH is 2. The molecule has 1 aromatic rings. The van der Waals surface area contributed by atoms with Gasteiger partial charge in [0.15, 0.2) is 17.2 Å². The number of fused-ring (bicyclic) bond motifs is 4. The summed E-state index contributed by atoms with van der Waals surface area (Å²) in [6.45, 7) is 11.3. The first-order chi connectivity index (χ1) is 20.5. The number of carbonyl (C=O) groups excluding carboxylic acids is 3. The van der Waals surface area contributed by atoms with Gasteiger partial charge in [0, 0.05) is 22.6 Å². The van der Waals surface area contributed by atoms with E-state index in [4.69, 9.17) is 5.73 Å². The van der Waals surface area contributed by atoms with Crippen LogP contribution in [0.1, 0.15) is 80.9 Å². The van der Waals surface area contributed by atoms with E-state index in [0.29, 0.717) is 23.2 Å². The molecule has 4 unspecified atom stereocenters. The third-order valence-corrected chi connectivity index (χ3v) is 11.6. The molecule has 2 fully saturated rings. The van der Waals surface area contributed by atoms with Crippen LogP contribution in [0, 0.1) is 40.4 Å². The molecule has 1 heterocycles. The van der Waals surface area contributed by atoms with Crippen LogP contribution in [0.5, 0.6) is 5.75 Å². The number of Topliss-reactive ketones (excluding diaryl/α,β-unsaturated/α-hetero) is 2. The number of phenols is 1. The number of rotatable bonds is 4. The lowest BCUT2D eigenvalue weighted by atomic mass is 9.39. The summed E-state index contributed by atoms with van der Waals surface area (Å²) in [7, 11) is 0. The first-order valence-electron chi connectivity index (χ1n) is 15.7. The van der Waals surface area contributed by atoms with Crippen LogP contribution in [0.4, 0.5) is 0 Å². The summed E-state index contributed by atoms with van der Waals surface area (Å²) in [4.78, 5) is 41.1. The average Bonchev–Trinajstić information content (AvgIpc) is 3.34.